The fraction of sp³-hybridized carbons (Fsp3) is 0.200. The Balaban J connectivity index is 1.59. The van der Waals surface area contributed by atoms with Crippen LogP contribution in [0.1, 0.15) is 22.3 Å². The largest absolute Gasteiger partial charge is 0.465 e. The normalized spacial score (nSPS) is 10.4. The first-order valence-electron chi connectivity index (χ1n) is 8.78. The predicted molar refractivity (Wildman–Crippen MR) is 109 cm³/mol. The number of nitrogens with zero attached hydrogens (tertiary/aromatic N) is 3. The van der Waals surface area contributed by atoms with Crippen LogP contribution in [0.3, 0.4) is 0 Å². The molecule has 0 amide bonds. The third-order valence-electron chi connectivity index (χ3n) is 3.98. The van der Waals surface area contributed by atoms with Crippen molar-refractivity contribution in [3.05, 3.63) is 70.9 Å². The maximum absolute atomic E-state index is 11.7. The molecule has 0 fully saturated rings. The number of aryl methyl sites for hydroxylation is 1. The molecule has 3 rings (SSSR count). The van der Waals surface area contributed by atoms with E-state index in [9.17, 15) is 4.79 Å². The van der Waals surface area contributed by atoms with E-state index in [1.165, 1.54) is 18.9 Å². The Morgan fingerprint density at radius 3 is 2.79 bits per heavy atom. The third kappa shape index (κ3) is 5.40. The molecule has 0 aliphatic heterocycles. The van der Waals surface area contributed by atoms with E-state index in [2.05, 4.69) is 37.9 Å². The van der Waals surface area contributed by atoms with Gasteiger partial charge in [0.15, 0.2) is 5.82 Å². The monoisotopic (exact) mass is 397 g/mol. The lowest BCUT2D eigenvalue weighted by atomic mass is 10.1. The highest BCUT2D eigenvalue weighted by Gasteiger charge is 2.10. The molecule has 0 radical (unpaired) electrons. The lowest BCUT2D eigenvalue weighted by Gasteiger charge is -2.10. The number of benzene rings is 2. The molecule has 0 unspecified atom stereocenters. The van der Waals surface area contributed by atoms with Gasteiger partial charge >= 0.3 is 5.97 Å². The molecule has 1 aromatic heterocycles. The molecule has 144 valence electrons. The minimum atomic E-state index is -0.443. The van der Waals surface area contributed by atoms with E-state index in [0.29, 0.717) is 28.0 Å². The maximum atomic E-state index is 11.7. The Hall–Kier alpha value is -3.19. The van der Waals surface area contributed by atoms with Crippen LogP contribution in [0.25, 0.3) is 0 Å². The van der Waals surface area contributed by atoms with Crippen molar-refractivity contribution in [1.82, 2.24) is 15.2 Å². The first kappa shape index (κ1) is 19.6. The van der Waals surface area contributed by atoms with Gasteiger partial charge in [-0.05, 0) is 36.6 Å². The molecule has 0 aliphatic carbocycles. The Morgan fingerprint density at radius 1 is 1.18 bits per heavy atom. The summed E-state index contributed by atoms with van der Waals surface area (Å²) in [6.07, 6.45) is 3.39. The second-order valence-electron chi connectivity index (χ2n) is 5.99. The highest BCUT2D eigenvalue weighted by Crippen LogP contribution is 2.26. The van der Waals surface area contributed by atoms with Crippen molar-refractivity contribution < 1.29 is 9.53 Å². The van der Waals surface area contributed by atoms with Gasteiger partial charge in [-0.3, -0.25) is 0 Å². The van der Waals surface area contributed by atoms with Crippen molar-refractivity contribution in [1.29, 1.82) is 0 Å². The van der Waals surface area contributed by atoms with Crippen LogP contribution in [0.4, 0.5) is 17.5 Å². The van der Waals surface area contributed by atoms with Gasteiger partial charge in [0.1, 0.15) is 0 Å². The summed E-state index contributed by atoms with van der Waals surface area (Å²) in [5.41, 5.74) is 2.20. The summed E-state index contributed by atoms with van der Waals surface area (Å²) in [5, 5.41) is 14.6. The molecule has 28 heavy (non-hydrogen) atoms. The van der Waals surface area contributed by atoms with Crippen molar-refractivity contribution >= 4 is 35.0 Å². The van der Waals surface area contributed by atoms with Crippen LogP contribution in [-0.2, 0) is 11.2 Å². The van der Waals surface area contributed by atoms with Gasteiger partial charge in [0.05, 0.1) is 29.6 Å². The second-order valence-corrected chi connectivity index (χ2v) is 6.40. The summed E-state index contributed by atoms with van der Waals surface area (Å²) < 4.78 is 4.73. The topological polar surface area (TPSA) is 89.0 Å². The van der Waals surface area contributed by atoms with E-state index in [-0.39, 0.29) is 0 Å². The highest BCUT2D eigenvalue weighted by molar-refractivity contribution is 6.33. The van der Waals surface area contributed by atoms with Gasteiger partial charge in [0.2, 0.25) is 5.95 Å². The van der Waals surface area contributed by atoms with E-state index in [1.807, 2.05) is 18.2 Å². The zero-order valence-corrected chi connectivity index (χ0v) is 16.1. The second kappa shape index (κ2) is 9.66. The van der Waals surface area contributed by atoms with Crippen LogP contribution >= 0.6 is 11.6 Å². The summed E-state index contributed by atoms with van der Waals surface area (Å²) in [7, 11) is 1.33. The van der Waals surface area contributed by atoms with Crippen molar-refractivity contribution in [3.8, 4) is 0 Å². The molecular weight excluding hydrogens is 378 g/mol. The number of carbonyl (C=O) groups excluding carboxylic acids is 1. The van der Waals surface area contributed by atoms with Crippen molar-refractivity contribution in [3.63, 3.8) is 0 Å². The standard InChI is InChI=1S/C20H20ClN5O2/c1-28-19(27)15-9-10-16(21)17(12-15)24-18-13-23-26-20(25-18)22-11-5-8-14-6-3-2-4-7-14/h2-4,6-7,9-10,12-13H,5,8,11H2,1H3,(H2,22,24,25,26). The smallest absolute Gasteiger partial charge is 0.337 e. The zero-order chi connectivity index (χ0) is 19.8. The number of ether oxygens (including phenoxy) is 1. The Morgan fingerprint density at radius 2 is 2.00 bits per heavy atom. The Bertz CT molecular complexity index is 937. The average Bonchev–Trinajstić information content (AvgIpc) is 2.73. The molecule has 7 nitrogen and oxygen atoms in total. The minimum Gasteiger partial charge on any atom is -0.465 e. The van der Waals surface area contributed by atoms with E-state index in [4.69, 9.17) is 16.3 Å². The van der Waals surface area contributed by atoms with Crippen LogP contribution < -0.4 is 10.6 Å². The molecule has 0 saturated carbocycles. The summed E-state index contributed by atoms with van der Waals surface area (Å²) in [4.78, 5) is 16.1. The molecule has 0 spiro atoms. The maximum Gasteiger partial charge on any atom is 0.337 e. The SMILES string of the molecule is COC(=O)c1ccc(Cl)c(Nc2cnnc(NCCCc3ccccc3)n2)c1. The quantitative estimate of drug-likeness (QED) is 0.437. The van der Waals surface area contributed by atoms with Gasteiger partial charge in [0.25, 0.3) is 0 Å². The Kier molecular flexibility index (Phi) is 6.75. The molecule has 0 atom stereocenters. The van der Waals surface area contributed by atoms with Crippen LogP contribution in [-0.4, -0.2) is 34.8 Å². The van der Waals surface area contributed by atoms with Crippen LogP contribution in [0.15, 0.2) is 54.7 Å². The number of methoxy groups -OCH3 is 1. The van der Waals surface area contributed by atoms with Gasteiger partial charge in [-0.2, -0.15) is 10.1 Å². The summed E-state index contributed by atoms with van der Waals surface area (Å²) in [6, 6.07) is 15.1. The molecule has 0 saturated heterocycles. The van der Waals surface area contributed by atoms with Gasteiger partial charge in [0, 0.05) is 6.54 Å². The molecule has 1 heterocycles. The number of nitrogens with one attached hydrogen (secondary N) is 2. The van der Waals surface area contributed by atoms with Crippen molar-refractivity contribution in [2.45, 2.75) is 12.8 Å². The lowest BCUT2D eigenvalue weighted by molar-refractivity contribution is 0.0601. The molecule has 2 aromatic carbocycles. The first-order chi connectivity index (χ1) is 13.7. The van der Waals surface area contributed by atoms with Gasteiger partial charge in [-0.1, -0.05) is 41.9 Å². The van der Waals surface area contributed by atoms with Crippen LogP contribution in [0.2, 0.25) is 5.02 Å². The summed E-state index contributed by atoms with van der Waals surface area (Å²) in [6.45, 7) is 0.721. The lowest BCUT2D eigenvalue weighted by Crippen LogP contribution is -2.09. The average molecular weight is 398 g/mol. The number of rotatable bonds is 8. The molecule has 0 aliphatic rings. The first-order valence-corrected chi connectivity index (χ1v) is 9.16. The summed E-state index contributed by atoms with van der Waals surface area (Å²) >= 11 is 6.20. The van der Waals surface area contributed by atoms with Gasteiger partial charge < -0.3 is 15.4 Å². The number of hydrogen-bond donors (Lipinski definition) is 2. The van der Waals surface area contributed by atoms with E-state index in [0.717, 1.165) is 19.4 Å². The number of aromatic nitrogens is 3. The number of hydrogen-bond acceptors (Lipinski definition) is 7. The van der Waals surface area contributed by atoms with Gasteiger partial charge in [-0.25, -0.2) is 4.79 Å². The van der Waals surface area contributed by atoms with Gasteiger partial charge in [-0.15, -0.1) is 5.10 Å². The van der Waals surface area contributed by atoms with E-state index in [1.54, 1.807) is 18.2 Å². The van der Waals surface area contributed by atoms with Crippen LogP contribution in [0, 0.1) is 0 Å². The van der Waals surface area contributed by atoms with Crippen LogP contribution in [0.5, 0.6) is 0 Å². The predicted octanol–water partition coefficient (Wildman–Crippen LogP) is 4.10. The number of esters is 1. The third-order valence-corrected chi connectivity index (χ3v) is 4.31. The molecule has 3 aromatic rings. The summed E-state index contributed by atoms with van der Waals surface area (Å²) in [5.74, 6) is 0.434. The highest BCUT2D eigenvalue weighted by atomic mass is 35.5. The minimum absolute atomic E-state index is 0.385. The number of carbonyl (C=O) groups is 1. The zero-order valence-electron chi connectivity index (χ0n) is 15.4. The number of halogens is 1. The molecule has 8 heteroatoms. The van der Waals surface area contributed by atoms with E-state index >= 15 is 0 Å². The van der Waals surface area contributed by atoms with E-state index < -0.39 is 5.97 Å². The number of anilines is 3. The van der Waals surface area contributed by atoms with Crippen molar-refractivity contribution in [2.75, 3.05) is 24.3 Å². The molecule has 0 bridgehead atoms. The fourth-order valence-corrected chi connectivity index (χ4v) is 2.74. The van der Waals surface area contributed by atoms with Crippen molar-refractivity contribution in [2.24, 2.45) is 0 Å². The fourth-order valence-electron chi connectivity index (χ4n) is 2.58. The molecule has 2 N–H and O–H groups in total. The molecular formula is C20H20ClN5O2. The Labute approximate surface area is 168 Å².